The first-order chi connectivity index (χ1) is 7.74. The van der Waals surface area contributed by atoms with Crippen molar-refractivity contribution >= 4 is 33.2 Å². The second-order valence-corrected chi connectivity index (χ2v) is 4.54. The van der Waals surface area contributed by atoms with Crippen molar-refractivity contribution in [3.05, 3.63) is 46.4 Å². The maximum Gasteiger partial charge on any atom is 0.194 e. The molecule has 5 heteroatoms. The van der Waals surface area contributed by atoms with Crippen molar-refractivity contribution in [3.63, 3.8) is 0 Å². The van der Waals surface area contributed by atoms with Gasteiger partial charge in [-0.1, -0.05) is 0 Å². The van der Waals surface area contributed by atoms with Crippen molar-refractivity contribution in [3.8, 4) is 11.5 Å². The molecule has 0 radical (unpaired) electrons. The highest BCUT2D eigenvalue weighted by molar-refractivity contribution is 9.10. The van der Waals surface area contributed by atoms with Crippen LogP contribution in [0.4, 0.5) is 0 Å². The molecule has 3 aromatic heterocycles. The van der Waals surface area contributed by atoms with Crippen molar-refractivity contribution in [2.24, 2.45) is 0 Å². The van der Waals surface area contributed by atoms with Gasteiger partial charge in [0.05, 0.1) is 4.47 Å². The van der Waals surface area contributed by atoms with E-state index < -0.39 is 0 Å². The van der Waals surface area contributed by atoms with Gasteiger partial charge in [0, 0.05) is 12.4 Å². The summed E-state index contributed by atoms with van der Waals surface area (Å²) in [6.07, 6.45) is 3.83. The van der Waals surface area contributed by atoms with Crippen LogP contribution in [-0.2, 0) is 0 Å². The van der Waals surface area contributed by atoms with Gasteiger partial charge in [0.15, 0.2) is 16.6 Å². The van der Waals surface area contributed by atoms with Crippen molar-refractivity contribution in [2.45, 2.75) is 0 Å². The maximum absolute atomic E-state index is 5.73. The van der Waals surface area contributed by atoms with Gasteiger partial charge in [-0.3, -0.25) is 0 Å². The van der Waals surface area contributed by atoms with Gasteiger partial charge in [-0.05, 0) is 51.8 Å². The molecule has 0 fully saturated rings. The fraction of sp³-hybridized carbons (Fsp3) is 0. The molecule has 3 nitrogen and oxygen atoms in total. The molecule has 0 saturated carbocycles. The van der Waals surface area contributed by atoms with Crippen molar-refractivity contribution in [1.29, 1.82) is 0 Å². The van der Waals surface area contributed by atoms with E-state index in [0.717, 1.165) is 15.8 Å². The lowest BCUT2D eigenvalue weighted by Gasteiger charge is -1.92. The second-order valence-electron chi connectivity index (χ2n) is 3.32. The molecule has 0 aliphatic rings. The lowest BCUT2D eigenvalue weighted by atomic mass is 10.4. The number of halogens is 2. The van der Waals surface area contributed by atoms with Crippen LogP contribution in [0.2, 0.25) is 5.22 Å². The summed E-state index contributed by atoms with van der Waals surface area (Å²) >= 11 is 9.18. The molecule has 0 aliphatic carbocycles. The molecule has 3 heterocycles. The summed E-state index contributed by atoms with van der Waals surface area (Å²) in [7, 11) is 0. The van der Waals surface area contributed by atoms with E-state index in [4.69, 9.17) is 16.0 Å². The highest BCUT2D eigenvalue weighted by atomic mass is 79.9. The van der Waals surface area contributed by atoms with Crippen molar-refractivity contribution in [2.75, 3.05) is 0 Å². The minimum atomic E-state index is 0.367. The Bertz CT molecular complexity index is 659. The van der Waals surface area contributed by atoms with Gasteiger partial charge in [0.25, 0.3) is 0 Å². The van der Waals surface area contributed by atoms with E-state index in [0.29, 0.717) is 11.0 Å². The van der Waals surface area contributed by atoms with E-state index in [-0.39, 0.29) is 0 Å². The first-order valence-corrected chi connectivity index (χ1v) is 5.80. The summed E-state index contributed by atoms with van der Waals surface area (Å²) in [5.74, 6) is 0.667. The number of hydrogen-bond donors (Lipinski definition) is 0. The quantitative estimate of drug-likeness (QED) is 0.679. The van der Waals surface area contributed by atoms with Crippen LogP contribution in [0.15, 0.2) is 45.5 Å². The molecule has 0 aliphatic heterocycles. The highest BCUT2D eigenvalue weighted by Crippen LogP contribution is 2.26. The number of aromatic nitrogens is 2. The Morgan fingerprint density at radius 3 is 2.88 bits per heavy atom. The van der Waals surface area contributed by atoms with Crippen LogP contribution in [0.3, 0.4) is 0 Å². The Hall–Kier alpha value is -1.26. The third-order valence-corrected chi connectivity index (χ3v) is 3.08. The summed E-state index contributed by atoms with van der Waals surface area (Å²) in [4.78, 5) is 4.46. The zero-order valence-corrected chi connectivity index (χ0v) is 10.4. The van der Waals surface area contributed by atoms with E-state index in [1.165, 1.54) is 0 Å². The van der Waals surface area contributed by atoms with Gasteiger partial charge in [0.2, 0.25) is 0 Å². The summed E-state index contributed by atoms with van der Waals surface area (Å²) < 4.78 is 8.18. The van der Waals surface area contributed by atoms with Crippen LogP contribution in [0.5, 0.6) is 0 Å². The van der Waals surface area contributed by atoms with E-state index in [9.17, 15) is 0 Å². The van der Waals surface area contributed by atoms with E-state index in [1.807, 2.05) is 28.9 Å². The molecular formula is C11H6BrClN2O. The van der Waals surface area contributed by atoms with Crippen LogP contribution < -0.4 is 0 Å². The molecule has 16 heavy (non-hydrogen) atoms. The molecule has 0 saturated heterocycles. The first kappa shape index (κ1) is 9.93. The molecule has 80 valence electrons. The van der Waals surface area contributed by atoms with Crippen LogP contribution in [0.25, 0.3) is 17.1 Å². The smallest absolute Gasteiger partial charge is 0.194 e. The van der Waals surface area contributed by atoms with Crippen molar-refractivity contribution in [1.82, 2.24) is 9.38 Å². The Morgan fingerprint density at radius 1 is 1.31 bits per heavy atom. The Labute approximate surface area is 105 Å². The zero-order valence-electron chi connectivity index (χ0n) is 8.02. The predicted molar refractivity (Wildman–Crippen MR) is 65.6 cm³/mol. The monoisotopic (exact) mass is 296 g/mol. The third-order valence-electron chi connectivity index (χ3n) is 2.26. The minimum Gasteiger partial charge on any atom is -0.443 e. The number of rotatable bonds is 1. The fourth-order valence-electron chi connectivity index (χ4n) is 1.55. The first-order valence-electron chi connectivity index (χ1n) is 4.63. The molecule has 0 unspecified atom stereocenters. The Morgan fingerprint density at radius 2 is 2.19 bits per heavy atom. The van der Waals surface area contributed by atoms with Crippen LogP contribution in [0, 0.1) is 0 Å². The summed E-state index contributed by atoms with van der Waals surface area (Å²) in [5.41, 5.74) is 1.61. The predicted octanol–water partition coefficient (Wildman–Crippen LogP) is 4.01. The molecule has 0 aromatic carbocycles. The van der Waals surface area contributed by atoms with Gasteiger partial charge in [-0.15, -0.1) is 0 Å². The molecule has 0 bridgehead atoms. The zero-order chi connectivity index (χ0) is 11.1. The molecule has 0 amide bonds. The third kappa shape index (κ3) is 1.54. The normalized spacial score (nSPS) is 11.1. The van der Waals surface area contributed by atoms with Crippen molar-refractivity contribution < 1.29 is 4.42 Å². The van der Waals surface area contributed by atoms with E-state index >= 15 is 0 Å². The number of hydrogen-bond acceptors (Lipinski definition) is 2. The fourth-order valence-corrected chi connectivity index (χ4v) is 2.14. The number of fused-ring (bicyclic) bond motifs is 1. The van der Waals surface area contributed by atoms with Gasteiger partial charge >= 0.3 is 0 Å². The molecule has 0 N–H and O–H groups in total. The van der Waals surface area contributed by atoms with E-state index in [1.54, 1.807) is 12.1 Å². The minimum absolute atomic E-state index is 0.367. The number of imidazole rings is 1. The molecule has 3 aromatic rings. The van der Waals surface area contributed by atoms with Gasteiger partial charge in [-0.2, -0.15) is 0 Å². The van der Waals surface area contributed by atoms with Gasteiger partial charge in [0.1, 0.15) is 5.69 Å². The highest BCUT2D eigenvalue weighted by Gasteiger charge is 2.09. The lowest BCUT2D eigenvalue weighted by molar-refractivity contribution is 0.582. The number of furan rings is 1. The molecular weight excluding hydrogens is 291 g/mol. The van der Waals surface area contributed by atoms with Gasteiger partial charge < -0.3 is 8.82 Å². The summed E-state index contributed by atoms with van der Waals surface area (Å²) in [6, 6.07) is 7.40. The lowest BCUT2D eigenvalue weighted by Crippen LogP contribution is -1.80. The van der Waals surface area contributed by atoms with Crippen LogP contribution in [0.1, 0.15) is 0 Å². The maximum atomic E-state index is 5.73. The van der Waals surface area contributed by atoms with Gasteiger partial charge in [-0.25, -0.2) is 4.98 Å². The van der Waals surface area contributed by atoms with Crippen LogP contribution in [-0.4, -0.2) is 9.38 Å². The second kappa shape index (κ2) is 3.64. The molecule has 0 atom stereocenters. The number of pyridine rings is 1. The molecule has 0 spiro atoms. The van der Waals surface area contributed by atoms with Crippen LogP contribution >= 0.6 is 27.5 Å². The van der Waals surface area contributed by atoms with E-state index in [2.05, 4.69) is 20.9 Å². The number of nitrogens with zero attached hydrogens (tertiary/aromatic N) is 2. The molecule has 3 rings (SSSR count). The SMILES string of the molecule is Clc1ccc(-c2cn3cccc(Br)c3n2)o1. The topological polar surface area (TPSA) is 30.4 Å². The average molecular weight is 298 g/mol. The summed E-state index contributed by atoms with van der Waals surface area (Å²) in [6.45, 7) is 0. The summed E-state index contributed by atoms with van der Waals surface area (Å²) in [5, 5.41) is 0.367. The standard InChI is InChI=1S/C11H6BrClN2O/c12-7-2-1-5-15-6-8(14-11(7)15)9-3-4-10(13)16-9/h1-6H. The largest absolute Gasteiger partial charge is 0.443 e. The Kier molecular flexibility index (Phi) is 2.26. The average Bonchev–Trinajstić information content (AvgIpc) is 2.84. The Balaban J connectivity index is 2.22.